The van der Waals surface area contributed by atoms with Gasteiger partial charge in [0.1, 0.15) is 6.17 Å². The summed E-state index contributed by atoms with van der Waals surface area (Å²) in [4.78, 5) is 14.0. The fourth-order valence-corrected chi connectivity index (χ4v) is 2.29. The van der Waals surface area contributed by atoms with Crippen LogP contribution in [0, 0.1) is 0 Å². The van der Waals surface area contributed by atoms with E-state index in [0.717, 1.165) is 16.8 Å². The fourth-order valence-electron chi connectivity index (χ4n) is 2.29. The third kappa shape index (κ3) is 1.64. The highest BCUT2D eigenvalue weighted by Gasteiger charge is 2.29. The molecular weight excluding hydrogens is 224 g/mol. The van der Waals surface area contributed by atoms with Crippen LogP contribution in [0.5, 0.6) is 0 Å². The molecule has 2 aromatic rings. The SMILES string of the molecule is CN1C(=O)c2ccccc2N[C@H]1c1ccccc1. The summed E-state index contributed by atoms with van der Waals surface area (Å²) >= 11 is 0. The quantitative estimate of drug-likeness (QED) is 0.828. The minimum absolute atomic E-state index is 0.0539. The molecule has 0 saturated carbocycles. The number of para-hydroxylation sites is 1. The summed E-state index contributed by atoms with van der Waals surface area (Å²) in [5.74, 6) is 0.0539. The number of carbonyl (C=O) groups is 1. The monoisotopic (exact) mass is 238 g/mol. The van der Waals surface area contributed by atoms with Crippen LogP contribution >= 0.6 is 0 Å². The maximum atomic E-state index is 12.3. The van der Waals surface area contributed by atoms with Crippen LogP contribution < -0.4 is 5.32 Å². The van der Waals surface area contributed by atoms with E-state index in [1.165, 1.54) is 0 Å². The van der Waals surface area contributed by atoms with Gasteiger partial charge in [-0.05, 0) is 17.7 Å². The molecular formula is C15H14N2O. The lowest BCUT2D eigenvalue weighted by molar-refractivity contribution is 0.0735. The van der Waals surface area contributed by atoms with E-state index < -0.39 is 0 Å². The Morgan fingerprint density at radius 3 is 2.44 bits per heavy atom. The van der Waals surface area contributed by atoms with Crippen LogP contribution in [-0.4, -0.2) is 17.9 Å². The van der Waals surface area contributed by atoms with E-state index in [0.29, 0.717) is 0 Å². The molecule has 3 heteroatoms. The van der Waals surface area contributed by atoms with Gasteiger partial charge in [-0.2, -0.15) is 0 Å². The first kappa shape index (κ1) is 10.8. The number of fused-ring (bicyclic) bond motifs is 1. The Labute approximate surface area is 106 Å². The van der Waals surface area contributed by atoms with Crippen LogP contribution in [0.4, 0.5) is 5.69 Å². The molecule has 1 aliphatic rings. The maximum Gasteiger partial charge on any atom is 0.257 e. The van der Waals surface area contributed by atoms with Crippen molar-refractivity contribution in [1.29, 1.82) is 0 Å². The lowest BCUT2D eigenvalue weighted by atomic mass is 10.0. The van der Waals surface area contributed by atoms with Crippen molar-refractivity contribution in [1.82, 2.24) is 4.90 Å². The molecule has 0 fully saturated rings. The second-order valence-corrected chi connectivity index (χ2v) is 4.42. The summed E-state index contributed by atoms with van der Waals surface area (Å²) in [6, 6.07) is 17.6. The Balaban J connectivity index is 2.04. The number of carbonyl (C=O) groups excluding carboxylic acids is 1. The van der Waals surface area contributed by atoms with Gasteiger partial charge in [-0.25, -0.2) is 0 Å². The van der Waals surface area contributed by atoms with Gasteiger partial charge in [-0.1, -0.05) is 42.5 Å². The van der Waals surface area contributed by atoms with Crippen molar-refractivity contribution in [3.8, 4) is 0 Å². The number of anilines is 1. The summed E-state index contributed by atoms with van der Waals surface area (Å²) in [7, 11) is 1.82. The highest BCUT2D eigenvalue weighted by Crippen LogP contribution is 2.31. The average molecular weight is 238 g/mol. The molecule has 0 radical (unpaired) electrons. The van der Waals surface area contributed by atoms with Crippen molar-refractivity contribution < 1.29 is 4.79 Å². The number of amides is 1. The minimum atomic E-state index is -0.103. The first-order valence-corrected chi connectivity index (χ1v) is 5.95. The van der Waals surface area contributed by atoms with E-state index in [2.05, 4.69) is 5.32 Å². The Hall–Kier alpha value is -2.29. The van der Waals surface area contributed by atoms with E-state index in [1.54, 1.807) is 4.90 Å². The van der Waals surface area contributed by atoms with Gasteiger partial charge >= 0.3 is 0 Å². The standard InChI is InChI=1S/C15H14N2O/c1-17-14(11-7-3-2-4-8-11)16-13-10-6-5-9-12(13)15(17)18/h2-10,14,16H,1H3/t14-/m1/s1. The molecule has 2 aromatic carbocycles. The van der Waals surface area contributed by atoms with Crippen molar-refractivity contribution in [2.75, 3.05) is 12.4 Å². The van der Waals surface area contributed by atoms with E-state index in [9.17, 15) is 4.79 Å². The summed E-state index contributed by atoms with van der Waals surface area (Å²) in [5, 5.41) is 3.40. The number of nitrogens with one attached hydrogen (secondary N) is 1. The molecule has 0 bridgehead atoms. The smallest absolute Gasteiger partial charge is 0.257 e. The van der Waals surface area contributed by atoms with Crippen LogP contribution in [0.3, 0.4) is 0 Å². The summed E-state index contributed by atoms with van der Waals surface area (Å²) < 4.78 is 0. The largest absolute Gasteiger partial charge is 0.361 e. The van der Waals surface area contributed by atoms with E-state index in [1.807, 2.05) is 61.6 Å². The number of hydrogen-bond donors (Lipinski definition) is 1. The summed E-state index contributed by atoms with van der Waals surface area (Å²) in [5.41, 5.74) is 2.71. The Kier molecular flexibility index (Phi) is 2.52. The Bertz CT molecular complexity index is 580. The highest BCUT2D eigenvalue weighted by atomic mass is 16.2. The molecule has 18 heavy (non-hydrogen) atoms. The highest BCUT2D eigenvalue weighted by molar-refractivity contribution is 6.01. The second-order valence-electron chi connectivity index (χ2n) is 4.42. The Morgan fingerprint density at radius 2 is 1.67 bits per heavy atom. The molecule has 0 saturated heterocycles. The van der Waals surface area contributed by atoms with E-state index in [-0.39, 0.29) is 12.1 Å². The lowest BCUT2D eigenvalue weighted by Gasteiger charge is -2.35. The first-order chi connectivity index (χ1) is 8.77. The number of benzene rings is 2. The zero-order valence-electron chi connectivity index (χ0n) is 10.1. The van der Waals surface area contributed by atoms with Crippen molar-refractivity contribution in [3.63, 3.8) is 0 Å². The first-order valence-electron chi connectivity index (χ1n) is 5.95. The zero-order valence-corrected chi connectivity index (χ0v) is 10.1. The van der Waals surface area contributed by atoms with Gasteiger partial charge < -0.3 is 10.2 Å². The van der Waals surface area contributed by atoms with Crippen LogP contribution in [0.2, 0.25) is 0 Å². The van der Waals surface area contributed by atoms with Crippen LogP contribution in [-0.2, 0) is 0 Å². The molecule has 0 aromatic heterocycles. The van der Waals surface area contributed by atoms with E-state index >= 15 is 0 Å². The van der Waals surface area contributed by atoms with Gasteiger partial charge in [0, 0.05) is 12.7 Å². The van der Waals surface area contributed by atoms with Crippen LogP contribution in [0.25, 0.3) is 0 Å². The van der Waals surface area contributed by atoms with Gasteiger partial charge in [0.05, 0.1) is 5.56 Å². The van der Waals surface area contributed by atoms with Crippen molar-refractivity contribution >= 4 is 11.6 Å². The van der Waals surface area contributed by atoms with Gasteiger partial charge in [0.2, 0.25) is 0 Å². The lowest BCUT2D eigenvalue weighted by Crippen LogP contribution is -2.40. The molecule has 1 aliphatic heterocycles. The van der Waals surface area contributed by atoms with Gasteiger partial charge in [-0.15, -0.1) is 0 Å². The van der Waals surface area contributed by atoms with Crippen molar-refractivity contribution in [3.05, 3.63) is 65.7 Å². The van der Waals surface area contributed by atoms with E-state index in [4.69, 9.17) is 0 Å². The molecule has 1 N–H and O–H groups in total. The number of hydrogen-bond acceptors (Lipinski definition) is 2. The maximum absolute atomic E-state index is 12.3. The predicted molar refractivity (Wildman–Crippen MR) is 71.3 cm³/mol. The normalized spacial score (nSPS) is 18.2. The molecule has 3 rings (SSSR count). The molecule has 1 heterocycles. The topological polar surface area (TPSA) is 32.3 Å². The number of rotatable bonds is 1. The molecule has 3 nitrogen and oxygen atoms in total. The average Bonchev–Trinajstić information content (AvgIpc) is 2.44. The molecule has 1 atom stereocenters. The van der Waals surface area contributed by atoms with Gasteiger partial charge in [0.25, 0.3) is 5.91 Å². The third-order valence-corrected chi connectivity index (χ3v) is 3.27. The fraction of sp³-hybridized carbons (Fsp3) is 0.133. The second kappa shape index (κ2) is 4.18. The molecule has 1 amide bonds. The van der Waals surface area contributed by atoms with Crippen LogP contribution in [0.1, 0.15) is 22.1 Å². The molecule has 0 unspecified atom stereocenters. The minimum Gasteiger partial charge on any atom is -0.361 e. The van der Waals surface area contributed by atoms with Crippen LogP contribution in [0.15, 0.2) is 54.6 Å². The summed E-state index contributed by atoms with van der Waals surface area (Å²) in [6.45, 7) is 0. The molecule has 0 aliphatic carbocycles. The summed E-state index contributed by atoms with van der Waals surface area (Å²) in [6.07, 6.45) is -0.103. The van der Waals surface area contributed by atoms with Gasteiger partial charge in [-0.3, -0.25) is 4.79 Å². The zero-order chi connectivity index (χ0) is 12.5. The van der Waals surface area contributed by atoms with Crippen molar-refractivity contribution in [2.24, 2.45) is 0 Å². The van der Waals surface area contributed by atoms with Gasteiger partial charge in [0.15, 0.2) is 0 Å². The molecule has 0 spiro atoms. The Morgan fingerprint density at radius 1 is 1.00 bits per heavy atom. The third-order valence-electron chi connectivity index (χ3n) is 3.27. The van der Waals surface area contributed by atoms with Crippen molar-refractivity contribution in [2.45, 2.75) is 6.17 Å². The predicted octanol–water partition coefficient (Wildman–Crippen LogP) is 2.88. The number of nitrogens with zero attached hydrogens (tertiary/aromatic N) is 1. The molecule has 90 valence electrons.